The highest BCUT2D eigenvalue weighted by Gasteiger charge is 2.24. The Bertz CT molecular complexity index is 1210. The van der Waals surface area contributed by atoms with Crippen molar-refractivity contribution in [2.75, 3.05) is 24.7 Å². The second kappa shape index (κ2) is 10.3. The molecule has 0 unspecified atom stereocenters. The molecule has 11 heteroatoms. The SMILES string of the molecule is CC[C@@H](Oc1ccc(N(C)S(C)(=O)=O)cc1)C(=O)N(C)Cc1nc(-c2cccc(Br)c2)no1. The average molecular weight is 537 g/mol. The Hall–Kier alpha value is -2.92. The second-order valence-electron chi connectivity index (χ2n) is 7.46. The van der Waals surface area contributed by atoms with E-state index >= 15 is 0 Å². The number of sulfonamides is 1. The van der Waals surface area contributed by atoms with E-state index in [1.807, 2.05) is 31.2 Å². The summed E-state index contributed by atoms with van der Waals surface area (Å²) in [6.07, 6.45) is 0.854. The van der Waals surface area contributed by atoms with Gasteiger partial charge in [0, 0.05) is 24.1 Å². The van der Waals surface area contributed by atoms with E-state index in [2.05, 4.69) is 26.1 Å². The lowest BCUT2D eigenvalue weighted by Gasteiger charge is -2.23. The molecule has 0 N–H and O–H groups in total. The number of ether oxygens (including phenoxy) is 1. The monoisotopic (exact) mass is 536 g/mol. The molecule has 3 rings (SSSR count). The molecule has 2 aromatic carbocycles. The maximum absolute atomic E-state index is 12.9. The molecule has 0 aliphatic rings. The molecule has 0 saturated heterocycles. The number of nitrogens with zero attached hydrogens (tertiary/aromatic N) is 4. The van der Waals surface area contributed by atoms with Crippen LogP contribution in [-0.2, 0) is 21.4 Å². The van der Waals surface area contributed by atoms with Gasteiger partial charge in [-0.25, -0.2) is 8.42 Å². The molecule has 176 valence electrons. The van der Waals surface area contributed by atoms with Gasteiger partial charge in [-0.2, -0.15) is 4.98 Å². The lowest BCUT2D eigenvalue weighted by molar-refractivity contribution is -0.138. The number of benzene rings is 2. The molecule has 1 amide bonds. The van der Waals surface area contributed by atoms with Crippen LogP contribution in [-0.4, -0.2) is 55.8 Å². The fraction of sp³-hybridized carbons (Fsp3) is 0.318. The molecule has 0 saturated carbocycles. The first-order valence-electron chi connectivity index (χ1n) is 10.1. The van der Waals surface area contributed by atoms with Crippen molar-refractivity contribution < 1.29 is 22.5 Å². The molecule has 33 heavy (non-hydrogen) atoms. The largest absolute Gasteiger partial charge is 0.481 e. The van der Waals surface area contributed by atoms with Crippen molar-refractivity contribution in [3.8, 4) is 17.1 Å². The van der Waals surface area contributed by atoms with Gasteiger partial charge >= 0.3 is 0 Å². The molecule has 0 bridgehead atoms. The Kier molecular flexibility index (Phi) is 7.75. The first-order valence-corrected chi connectivity index (χ1v) is 12.8. The van der Waals surface area contributed by atoms with Crippen LogP contribution in [0.3, 0.4) is 0 Å². The van der Waals surface area contributed by atoms with Gasteiger partial charge in [0.2, 0.25) is 21.7 Å². The zero-order valence-corrected chi connectivity index (χ0v) is 21.1. The smallest absolute Gasteiger partial charge is 0.263 e. The molecule has 9 nitrogen and oxygen atoms in total. The average Bonchev–Trinajstić information content (AvgIpc) is 3.24. The number of halogens is 1. The number of hydrogen-bond donors (Lipinski definition) is 0. The topological polar surface area (TPSA) is 106 Å². The molecule has 1 heterocycles. The summed E-state index contributed by atoms with van der Waals surface area (Å²) >= 11 is 3.41. The number of hydrogen-bond acceptors (Lipinski definition) is 7. The van der Waals surface area contributed by atoms with Gasteiger partial charge < -0.3 is 14.2 Å². The van der Waals surface area contributed by atoms with E-state index in [-0.39, 0.29) is 12.5 Å². The molecule has 0 fully saturated rings. The minimum absolute atomic E-state index is 0.137. The Labute approximate surface area is 201 Å². The lowest BCUT2D eigenvalue weighted by Crippen LogP contribution is -2.39. The highest BCUT2D eigenvalue weighted by atomic mass is 79.9. The quantitative estimate of drug-likeness (QED) is 0.410. The van der Waals surface area contributed by atoms with E-state index in [0.29, 0.717) is 29.6 Å². The third-order valence-corrected chi connectivity index (χ3v) is 6.62. The summed E-state index contributed by atoms with van der Waals surface area (Å²) < 4.78 is 36.6. The molecule has 1 aromatic heterocycles. The van der Waals surface area contributed by atoms with Crippen LogP contribution in [0.5, 0.6) is 5.75 Å². The molecule has 0 radical (unpaired) electrons. The summed E-state index contributed by atoms with van der Waals surface area (Å²) in [7, 11) is -0.249. The number of likely N-dealkylation sites (N-methyl/N-ethyl adjacent to an activating group) is 1. The lowest BCUT2D eigenvalue weighted by atomic mass is 10.2. The van der Waals surface area contributed by atoms with E-state index in [1.165, 1.54) is 16.3 Å². The van der Waals surface area contributed by atoms with Gasteiger partial charge in [-0.05, 0) is 42.8 Å². The van der Waals surface area contributed by atoms with Crippen molar-refractivity contribution >= 4 is 37.5 Å². The number of carbonyl (C=O) groups excluding carboxylic acids is 1. The van der Waals surface area contributed by atoms with Crippen LogP contribution in [0.15, 0.2) is 57.5 Å². The van der Waals surface area contributed by atoms with Gasteiger partial charge in [-0.15, -0.1) is 0 Å². The highest BCUT2D eigenvalue weighted by Crippen LogP contribution is 2.23. The number of rotatable bonds is 9. The fourth-order valence-electron chi connectivity index (χ4n) is 2.99. The Balaban J connectivity index is 1.64. The van der Waals surface area contributed by atoms with Crippen LogP contribution in [0.25, 0.3) is 11.4 Å². The van der Waals surface area contributed by atoms with Gasteiger partial charge in [0.05, 0.1) is 18.5 Å². The summed E-state index contributed by atoms with van der Waals surface area (Å²) in [5, 5.41) is 3.99. The van der Waals surface area contributed by atoms with Gasteiger partial charge in [0.1, 0.15) is 5.75 Å². The Morgan fingerprint density at radius 2 is 1.88 bits per heavy atom. The molecular weight excluding hydrogens is 512 g/mol. The van der Waals surface area contributed by atoms with Crippen molar-refractivity contribution in [1.29, 1.82) is 0 Å². The van der Waals surface area contributed by atoms with Gasteiger partial charge in [0.25, 0.3) is 5.91 Å². The third kappa shape index (κ3) is 6.32. The Morgan fingerprint density at radius 3 is 2.48 bits per heavy atom. The van der Waals surface area contributed by atoms with E-state index in [1.54, 1.807) is 31.3 Å². The van der Waals surface area contributed by atoms with Crippen LogP contribution < -0.4 is 9.04 Å². The zero-order valence-electron chi connectivity index (χ0n) is 18.7. The van der Waals surface area contributed by atoms with Crippen LogP contribution in [0, 0.1) is 0 Å². The minimum Gasteiger partial charge on any atom is -0.481 e. The summed E-state index contributed by atoms with van der Waals surface area (Å²) in [4.78, 5) is 18.8. The Morgan fingerprint density at radius 1 is 1.18 bits per heavy atom. The maximum atomic E-state index is 12.9. The van der Waals surface area contributed by atoms with Crippen molar-refractivity contribution in [2.45, 2.75) is 26.0 Å². The second-order valence-corrected chi connectivity index (χ2v) is 10.4. The first-order chi connectivity index (χ1) is 15.6. The van der Waals surface area contributed by atoms with Crippen LogP contribution in [0.1, 0.15) is 19.2 Å². The molecule has 0 spiro atoms. The van der Waals surface area contributed by atoms with Crippen LogP contribution in [0.4, 0.5) is 5.69 Å². The van der Waals surface area contributed by atoms with Crippen molar-refractivity contribution in [3.05, 3.63) is 58.9 Å². The summed E-state index contributed by atoms with van der Waals surface area (Å²) in [6.45, 7) is 1.98. The minimum atomic E-state index is -3.36. The number of carbonyl (C=O) groups is 1. The number of anilines is 1. The van der Waals surface area contributed by atoms with E-state index < -0.39 is 16.1 Å². The standard InChI is InChI=1S/C22H25BrN4O5S/c1-5-19(31-18-11-9-17(10-12-18)27(3)33(4,29)30)22(28)26(2)14-20-24-21(25-32-20)15-7-6-8-16(23)13-15/h6-13,19H,5,14H2,1-4H3/t19-/m1/s1. The van der Waals surface area contributed by atoms with E-state index in [0.717, 1.165) is 16.3 Å². The molecular formula is C22H25BrN4O5S. The van der Waals surface area contributed by atoms with Gasteiger partial charge in [-0.3, -0.25) is 9.10 Å². The van der Waals surface area contributed by atoms with E-state index in [4.69, 9.17) is 9.26 Å². The van der Waals surface area contributed by atoms with Crippen molar-refractivity contribution in [2.24, 2.45) is 0 Å². The first kappa shape index (κ1) is 24.7. The highest BCUT2D eigenvalue weighted by molar-refractivity contribution is 9.10. The molecule has 0 aliphatic carbocycles. The molecule has 1 atom stereocenters. The summed E-state index contributed by atoms with van der Waals surface area (Å²) in [5.41, 5.74) is 1.30. The van der Waals surface area contributed by atoms with Crippen LogP contribution >= 0.6 is 15.9 Å². The van der Waals surface area contributed by atoms with Crippen molar-refractivity contribution in [3.63, 3.8) is 0 Å². The van der Waals surface area contributed by atoms with Crippen molar-refractivity contribution in [1.82, 2.24) is 15.0 Å². The van der Waals surface area contributed by atoms with Gasteiger partial charge in [0.15, 0.2) is 6.10 Å². The van der Waals surface area contributed by atoms with Gasteiger partial charge in [-0.1, -0.05) is 40.1 Å². The fourth-order valence-corrected chi connectivity index (χ4v) is 3.89. The molecule has 0 aliphatic heterocycles. The maximum Gasteiger partial charge on any atom is 0.263 e. The van der Waals surface area contributed by atoms with Crippen LogP contribution in [0.2, 0.25) is 0 Å². The third-order valence-electron chi connectivity index (χ3n) is 4.92. The summed E-state index contributed by atoms with van der Waals surface area (Å²) in [6, 6.07) is 14.0. The summed E-state index contributed by atoms with van der Waals surface area (Å²) in [5.74, 6) is 0.972. The zero-order chi connectivity index (χ0) is 24.2. The normalized spacial score (nSPS) is 12.3. The number of amides is 1. The predicted octanol–water partition coefficient (Wildman–Crippen LogP) is 3.71. The molecule has 3 aromatic rings. The number of aromatic nitrogens is 2. The van der Waals surface area contributed by atoms with E-state index in [9.17, 15) is 13.2 Å². The predicted molar refractivity (Wildman–Crippen MR) is 128 cm³/mol.